The minimum Gasteiger partial charge on any atom is -0.493 e. The Morgan fingerprint density at radius 3 is 2.33 bits per heavy atom. The lowest BCUT2D eigenvalue weighted by Crippen LogP contribution is -2.47. The van der Waals surface area contributed by atoms with Crippen molar-refractivity contribution in [1.82, 2.24) is 20.1 Å². The van der Waals surface area contributed by atoms with Gasteiger partial charge in [0.1, 0.15) is 0 Å². The van der Waals surface area contributed by atoms with Crippen molar-refractivity contribution in [2.24, 2.45) is 0 Å². The number of carbonyl (C=O) groups is 3. The first-order chi connectivity index (χ1) is 23.4. The van der Waals surface area contributed by atoms with Crippen LogP contribution >= 0.6 is 0 Å². The second-order valence-electron chi connectivity index (χ2n) is 12.1. The number of pyridine rings is 1. The van der Waals surface area contributed by atoms with Gasteiger partial charge in [-0.25, -0.2) is 0 Å². The quantitative estimate of drug-likeness (QED) is 0.158. The minimum absolute atomic E-state index is 0.227. The molecule has 2 aliphatic heterocycles. The summed E-state index contributed by atoms with van der Waals surface area (Å²) in [6.07, 6.45) is 4.08. The van der Waals surface area contributed by atoms with Crippen LogP contribution in [-0.4, -0.2) is 79.4 Å². The third-order valence-corrected chi connectivity index (χ3v) is 9.38. The van der Waals surface area contributed by atoms with Crippen molar-refractivity contribution in [2.75, 3.05) is 51.8 Å². The van der Waals surface area contributed by atoms with E-state index in [9.17, 15) is 14.4 Å². The summed E-state index contributed by atoms with van der Waals surface area (Å²) < 4.78 is 11.0. The van der Waals surface area contributed by atoms with Crippen LogP contribution in [0.1, 0.15) is 74.0 Å². The fourth-order valence-electron chi connectivity index (χ4n) is 6.73. The third kappa shape index (κ3) is 6.61. The van der Waals surface area contributed by atoms with E-state index in [4.69, 9.17) is 9.47 Å². The van der Waals surface area contributed by atoms with E-state index in [0.717, 1.165) is 37.4 Å². The van der Waals surface area contributed by atoms with Gasteiger partial charge in [-0.15, -0.1) is 0 Å². The van der Waals surface area contributed by atoms with Gasteiger partial charge in [-0.3, -0.25) is 29.2 Å². The van der Waals surface area contributed by atoms with Gasteiger partial charge in [-0.05, 0) is 67.3 Å². The average molecular weight is 648 g/mol. The number of ether oxygens (including phenoxy) is 2. The van der Waals surface area contributed by atoms with Crippen molar-refractivity contribution in [3.05, 3.63) is 119 Å². The first kappa shape index (κ1) is 32.7. The highest BCUT2D eigenvalue weighted by Gasteiger charge is 2.43. The number of hydrogen-bond donors (Lipinski definition) is 1. The molecule has 1 aromatic heterocycles. The van der Waals surface area contributed by atoms with Gasteiger partial charge in [-0.2, -0.15) is 0 Å². The fraction of sp³-hybridized carbons (Fsp3) is 0.316. The molecule has 2 aliphatic rings. The van der Waals surface area contributed by atoms with E-state index in [1.807, 2.05) is 30.3 Å². The zero-order chi connectivity index (χ0) is 33.6. The number of rotatable bonds is 12. The molecular weight excluding hydrogens is 606 g/mol. The highest BCUT2D eigenvalue weighted by atomic mass is 16.5. The number of hydrogen-bond acceptors (Lipinski definition) is 8. The van der Waals surface area contributed by atoms with Crippen molar-refractivity contribution in [3.63, 3.8) is 0 Å². The molecule has 10 nitrogen and oxygen atoms in total. The van der Waals surface area contributed by atoms with Crippen LogP contribution in [0.15, 0.2) is 91.3 Å². The summed E-state index contributed by atoms with van der Waals surface area (Å²) in [6, 6.07) is 24.6. The predicted octanol–water partition coefficient (Wildman–Crippen LogP) is 5.53. The number of aromatic nitrogens is 1. The average Bonchev–Trinajstić information content (AvgIpc) is 3.40. The van der Waals surface area contributed by atoms with Crippen LogP contribution < -0.4 is 19.7 Å². The minimum atomic E-state index is -0.594. The molecule has 1 unspecified atom stereocenters. The van der Waals surface area contributed by atoms with Crippen LogP contribution in [0.3, 0.4) is 0 Å². The van der Waals surface area contributed by atoms with Crippen LogP contribution in [0.4, 0.5) is 5.69 Å². The molecule has 0 saturated carbocycles. The van der Waals surface area contributed by atoms with E-state index >= 15 is 0 Å². The van der Waals surface area contributed by atoms with Crippen LogP contribution in [0, 0.1) is 0 Å². The second kappa shape index (κ2) is 14.7. The van der Waals surface area contributed by atoms with E-state index in [1.165, 1.54) is 16.7 Å². The monoisotopic (exact) mass is 647 g/mol. The Morgan fingerprint density at radius 1 is 0.854 bits per heavy atom. The van der Waals surface area contributed by atoms with Gasteiger partial charge in [0.25, 0.3) is 17.7 Å². The molecule has 0 spiro atoms. The van der Waals surface area contributed by atoms with Gasteiger partial charge >= 0.3 is 0 Å². The molecule has 0 bridgehead atoms. The number of nitrogens with one attached hydrogen (secondary N) is 1. The number of imide groups is 1. The molecule has 3 heterocycles. The van der Waals surface area contributed by atoms with E-state index in [1.54, 1.807) is 44.7 Å². The summed E-state index contributed by atoms with van der Waals surface area (Å²) in [7, 11) is 3.12. The molecule has 10 heteroatoms. The van der Waals surface area contributed by atoms with Crippen LogP contribution in [0.5, 0.6) is 11.5 Å². The molecule has 1 N–H and O–H groups in total. The van der Waals surface area contributed by atoms with E-state index in [0.29, 0.717) is 47.6 Å². The predicted molar refractivity (Wildman–Crippen MR) is 184 cm³/mol. The summed E-state index contributed by atoms with van der Waals surface area (Å²) in [4.78, 5) is 51.2. The number of nitrogens with zero attached hydrogens (tertiary/aromatic N) is 4. The van der Waals surface area contributed by atoms with Gasteiger partial charge < -0.3 is 19.7 Å². The van der Waals surface area contributed by atoms with E-state index < -0.39 is 6.04 Å². The summed E-state index contributed by atoms with van der Waals surface area (Å²) in [5.41, 5.74) is 4.13. The number of piperazine rings is 1. The van der Waals surface area contributed by atoms with Gasteiger partial charge in [0.05, 0.1) is 42.6 Å². The Kier molecular flexibility index (Phi) is 10.0. The molecule has 6 rings (SSSR count). The lowest BCUT2D eigenvalue weighted by Gasteiger charge is -2.39. The van der Waals surface area contributed by atoms with Crippen LogP contribution in [0.2, 0.25) is 0 Å². The molecule has 3 aromatic carbocycles. The molecular formula is C38H41N5O5. The normalized spacial score (nSPS) is 16.0. The van der Waals surface area contributed by atoms with E-state index in [-0.39, 0.29) is 23.8 Å². The number of anilines is 1. The highest BCUT2D eigenvalue weighted by molar-refractivity contribution is 6.24. The molecule has 1 fully saturated rings. The second-order valence-corrected chi connectivity index (χ2v) is 12.1. The van der Waals surface area contributed by atoms with Crippen LogP contribution in [0.25, 0.3) is 0 Å². The smallest absolute Gasteiger partial charge is 0.264 e. The maximum absolute atomic E-state index is 14.4. The zero-order valence-electron chi connectivity index (χ0n) is 27.6. The third-order valence-electron chi connectivity index (χ3n) is 9.38. The highest BCUT2D eigenvalue weighted by Crippen LogP contribution is 2.40. The standard InChI is InChI=1S/C38H41N5O5/c1-26(27-10-5-4-6-11-27)41-20-22-42(23-21-41)32-14-7-13-30-35(32)38(46)43(37(30)45)31(28-16-17-33(47-2)34(24-28)48-3)15-9-19-40-36(44)29-12-8-18-39-25-29/h4-8,10-14,16-18,24-26,31H,9,15,19-23H2,1-3H3,(H,40,44)/t26?,31-/m1/s1. The summed E-state index contributed by atoms with van der Waals surface area (Å²) in [5.74, 6) is 0.186. The Labute approximate surface area is 281 Å². The summed E-state index contributed by atoms with van der Waals surface area (Å²) in [5, 5.41) is 2.93. The molecule has 2 atom stereocenters. The van der Waals surface area contributed by atoms with Crippen molar-refractivity contribution in [1.29, 1.82) is 0 Å². The van der Waals surface area contributed by atoms with Crippen molar-refractivity contribution in [3.8, 4) is 11.5 Å². The number of benzene rings is 3. The van der Waals surface area contributed by atoms with Crippen molar-refractivity contribution < 1.29 is 23.9 Å². The molecule has 48 heavy (non-hydrogen) atoms. The molecule has 248 valence electrons. The maximum Gasteiger partial charge on any atom is 0.264 e. The first-order valence-electron chi connectivity index (χ1n) is 16.4. The van der Waals surface area contributed by atoms with Gasteiger partial charge in [0.2, 0.25) is 0 Å². The summed E-state index contributed by atoms with van der Waals surface area (Å²) in [6.45, 7) is 5.74. The van der Waals surface area contributed by atoms with Crippen molar-refractivity contribution >= 4 is 23.4 Å². The number of carbonyl (C=O) groups excluding carboxylic acids is 3. The number of fused-ring (bicyclic) bond motifs is 1. The Morgan fingerprint density at radius 2 is 1.62 bits per heavy atom. The maximum atomic E-state index is 14.4. The SMILES string of the molecule is COc1ccc([C@@H](CCCNC(=O)c2cccnc2)N2C(=O)c3cccc(N4CCN(C(C)c5ccccc5)CC4)c3C2=O)cc1OC. The largest absolute Gasteiger partial charge is 0.493 e. The first-order valence-corrected chi connectivity index (χ1v) is 16.4. The van der Waals surface area contributed by atoms with Crippen molar-refractivity contribution in [2.45, 2.75) is 31.8 Å². The Bertz CT molecular complexity index is 1760. The molecule has 1 saturated heterocycles. The molecule has 0 radical (unpaired) electrons. The molecule has 0 aliphatic carbocycles. The van der Waals surface area contributed by atoms with E-state index in [2.05, 4.69) is 51.3 Å². The van der Waals surface area contributed by atoms with Gasteiger partial charge in [-0.1, -0.05) is 42.5 Å². The molecule has 3 amide bonds. The summed E-state index contributed by atoms with van der Waals surface area (Å²) >= 11 is 0. The fourth-order valence-corrected chi connectivity index (χ4v) is 6.73. The van der Waals surface area contributed by atoms with Gasteiger partial charge in [0.15, 0.2) is 11.5 Å². The van der Waals surface area contributed by atoms with Crippen LogP contribution in [-0.2, 0) is 0 Å². The van der Waals surface area contributed by atoms with Gasteiger partial charge in [0, 0.05) is 51.2 Å². The topological polar surface area (TPSA) is 104 Å². The lowest BCUT2D eigenvalue weighted by molar-refractivity contribution is 0.0570. The lowest BCUT2D eigenvalue weighted by atomic mass is 9.99. The Balaban J connectivity index is 1.22. The Hall–Kier alpha value is -5.22. The zero-order valence-corrected chi connectivity index (χ0v) is 27.6. The number of amides is 3. The molecule has 4 aromatic rings. The number of methoxy groups -OCH3 is 2.